The van der Waals surface area contributed by atoms with Gasteiger partial charge in [0.15, 0.2) is 9.84 Å². The van der Waals surface area contributed by atoms with Gasteiger partial charge in [0.1, 0.15) is 10.9 Å². The lowest BCUT2D eigenvalue weighted by atomic mass is 9.94. The van der Waals surface area contributed by atoms with Crippen molar-refractivity contribution >= 4 is 15.7 Å². The number of likely N-dealkylation sites (tertiary alicyclic amines) is 1. The number of ether oxygens (including phenoxy) is 1. The van der Waals surface area contributed by atoms with Crippen molar-refractivity contribution in [1.82, 2.24) is 14.5 Å². The van der Waals surface area contributed by atoms with Crippen LogP contribution in [-0.4, -0.2) is 65.1 Å². The second-order valence-corrected chi connectivity index (χ2v) is 9.38. The molecule has 0 aliphatic carbocycles. The molecule has 2 aliphatic heterocycles. The quantitative estimate of drug-likeness (QED) is 0.778. The number of amides is 1. The van der Waals surface area contributed by atoms with Crippen molar-refractivity contribution in [3.8, 4) is 0 Å². The van der Waals surface area contributed by atoms with Crippen LogP contribution >= 0.6 is 0 Å². The molecule has 1 spiro atoms. The molecule has 8 heteroatoms. The maximum absolute atomic E-state index is 12.7. The number of hydrogen-bond donors (Lipinski definition) is 0. The molecule has 1 atom stereocenters. The minimum absolute atomic E-state index is 0.00311. The monoisotopic (exact) mass is 375 g/mol. The van der Waals surface area contributed by atoms with Crippen molar-refractivity contribution in [3.05, 3.63) is 54.6 Å². The van der Waals surface area contributed by atoms with E-state index in [2.05, 4.69) is 4.98 Å². The van der Waals surface area contributed by atoms with Crippen LogP contribution in [0.3, 0.4) is 0 Å². The van der Waals surface area contributed by atoms with Crippen LogP contribution in [0.4, 0.5) is 0 Å². The summed E-state index contributed by atoms with van der Waals surface area (Å²) < 4.78 is 33.0. The summed E-state index contributed by atoms with van der Waals surface area (Å²) in [5.74, 6) is -0.0301. The van der Waals surface area contributed by atoms with Gasteiger partial charge < -0.3 is 14.2 Å². The number of carbonyl (C=O) groups excluding carboxylic acids is 1. The topological polar surface area (TPSA) is 81.5 Å². The van der Waals surface area contributed by atoms with Gasteiger partial charge in [0, 0.05) is 18.9 Å². The Morgan fingerprint density at radius 3 is 2.69 bits per heavy atom. The molecule has 1 amide bonds. The first-order valence-corrected chi connectivity index (χ1v) is 10.3. The summed E-state index contributed by atoms with van der Waals surface area (Å²) in [6, 6.07) is 9.54. The van der Waals surface area contributed by atoms with Crippen LogP contribution in [0.1, 0.15) is 5.56 Å². The zero-order valence-corrected chi connectivity index (χ0v) is 15.1. The number of aromatic nitrogens is 2. The first-order valence-electron chi connectivity index (χ1n) is 8.59. The molecule has 0 bridgehead atoms. The molecule has 7 nitrogen and oxygen atoms in total. The molecule has 2 fully saturated rings. The molecule has 0 unspecified atom stereocenters. The number of sulfone groups is 1. The Morgan fingerprint density at radius 1 is 1.27 bits per heavy atom. The van der Waals surface area contributed by atoms with Gasteiger partial charge in [-0.15, -0.1) is 0 Å². The zero-order valence-electron chi connectivity index (χ0n) is 14.3. The highest BCUT2D eigenvalue weighted by Gasteiger charge is 2.53. The van der Waals surface area contributed by atoms with Crippen LogP contribution in [0.15, 0.2) is 49.1 Å². The number of benzene rings is 1. The molecule has 0 saturated carbocycles. The van der Waals surface area contributed by atoms with Crippen LogP contribution in [0.25, 0.3) is 0 Å². The van der Waals surface area contributed by atoms with E-state index in [0.717, 1.165) is 5.56 Å². The number of imidazole rings is 1. The molecular weight excluding hydrogens is 354 g/mol. The summed E-state index contributed by atoms with van der Waals surface area (Å²) in [6.45, 7) is 1.18. The molecule has 4 rings (SSSR count). The lowest BCUT2D eigenvalue weighted by Gasteiger charge is -2.52. The first-order chi connectivity index (χ1) is 12.5. The normalized spacial score (nSPS) is 23.5. The maximum Gasteiger partial charge on any atom is 0.227 e. The summed E-state index contributed by atoms with van der Waals surface area (Å²) in [7, 11) is -3.29. The lowest BCUT2D eigenvalue weighted by molar-refractivity contribution is -0.164. The molecular formula is C18H21N3O4S. The number of rotatable bonds is 4. The van der Waals surface area contributed by atoms with E-state index in [-0.39, 0.29) is 18.3 Å². The van der Waals surface area contributed by atoms with Gasteiger partial charge in [-0.25, -0.2) is 13.4 Å². The molecule has 2 aliphatic rings. The third-order valence-electron chi connectivity index (χ3n) is 5.03. The Kier molecular flexibility index (Phi) is 4.32. The van der Waals surface area contributed by atoms with Crippen LogP contribution in [0.2, 0.25) is 0 Å². The molecule has 0 radical (unpaired) electrons. The Hall–Kier alpha value is -2.19. The van der Waals surface area contributed by atoms with Crippen molar-refractivity contribution < 1.29 is 17.9 Å². The first kappa shape index (κ1) is 17.2. The van der Waals surface area contributed by atoms with Gasteiger partial charge in [-0.3, -0.25) is 4.79 Å². The summed E-state index contributed by atoms with van der Waals surface area (Å²) in [4.78, 5) is 18.0. The Bertz CT molecular complexity index is 874. The van der Waals surface area contributed by atoms with E-state index in [1.807, 2.05) is 30.3 Å². The van der Waals surface area contributed by atoms with E-state index >= 15 is 0 Å². The third kappa shape index (κ3) is 3.39. The van der Waals surface area contributed by atoms with Crippen LogP contribution < -0.4 is 0 Å². The average Bonchev–Trinajstić information content (AvgIpc) is 3.08. The number of hydrogen-bond acceptors (Lipinski definition) is 5. The minimum Gasteiger partial charge on any atom is -0.369 e. The number of nitrogens with zero attached hydrogens (tertiary/aromatic N) is 3. The van der Waals surface area contributed by atoms with Gasteiger partial charge in [-0.1, -0.05) is 30.3 Å². The molecule has 2 saturated heterocycles. The lowest BCUT2D eigenvalue weighted by Crippen LogP contribution is -2.70. The van der Waals surface area contributed by atoms with Gasteiger partial charge >= 0.3 is 0 Å². The van der Waals surface area contributed by atoms with E-state index < -0.39 is 20.7 Å². The Balaban J connectivity index is 1.35. The fourth-order valence-corrected chi connectivity index (χ4v) is 5.50. The third-order valence-corrected chi connectivity index (χ3v) is 7.26. The van der Waals surface area contributed by atoms with Crippen molar-refractivity contribution in [3.63, 3.8) is 0 Å². The summed E-state index contributed by atoms with van der Waals surface area (Å²) in [5.41, 5.74) is 0.215. The van der Waals surface area contributed by atoms with Gasteiger partial charge in [0.2, 0.25) is 5.91 Å². The second-order valence-electron chi connectivity index (χ2n) is 7.09. The van der Waals surface area contributed by atoms with E-state index in [4.69, 9.17) is 4.74 Å². The number of carbonyl (C=O) groups is 1. The van der Waals surface area contributed by atoms with Gasteiger partial charge in [-0.2, -0.15) is 0 Å². The van der Waals surface area contributed by atoms with Crippen molar-refractivity contribution in [2.75, 3.05) is 25.4 Å². The summed E-state index contributed by atoms with van der Waals surface area (Å²) in [5, 5.41) is -0.573. The van der Waals surface area contributed by atoms with Crippen LogP contribution in [-0.2, 0) is 32.3 Å². The average molecular weight is 375 g/mol. The van der Waals surface area contributed by atoms with Crippen molar-refractivity contribution in [1.29, 1.82) is 0 Å². The van der Waals surface area contributed by atoms with E-state index in [1.165, 1.54) is 0 Å². The SMILES string of the molecule is O=C(Cc1ccccc1)N1CC2(C1)CS(=O)(=O)[C@@H](Cn1ccnc1)CO2. The van der Waals surface area contributed by atoms with Gasteiger partial charge in [0.25, 0.3) is 0 Å². The van der Waals surface area contributed by atoms with E-state index in [0.29, 0.717) is 26.1 Å². The predicted octanol–water partition coefficient (Wildman–Crippen LogP) is 0.520. The fraction of sp³-hybridized carbons (Fsp3) is 0.444. The largest absolute Gasteiger partial charge is 0.369 e. The molecule has 2 aromatic rings. The molecule has 0 N–H and O–H groups in total. The standard InChI is InChI=1S/C18H21N3O4S/c22-17(8-15-4-2-1-3-5-15)21-11-18(12-21)13-26(23,24)16(10-25-18)9-20-7-6-19-14-20/h1-7,14,16H,8-13H2/t16-/m0/s1. The predicted molar refractivity (Wildman–Crippen MR) is 95.2 cm³/mol. The Morgan fingerprint density at radius 2 is 2.04 bits per heavy atom. The van der Waals surface area contributed by atoms with Crippen LogP contribution in [0.5, 0.6) is 0 Å². The second kappa shape index (κ2) is 6.51. The molecule has 26 heavy (non-hydrogen) atoms. The van der Waals surface area contributed by atoms with E-state index in [1.54, 1.807) is 28.2 Å². The zero-order chi connectivity index (χ0) is 18.2. The highest BCUT2D eigenvalue weighted by Crippen LogP contribution is 2.33. The smallest absolute Gasteiger partial charge is 0.227 e. The van der Waals surface area contributed by atoms with Gasteiger partial charge in [0.05, 0.1) is 38.2 Å². The fourth-order valence-electron chi connectivity index (χ4n) is 3.59. The molecule has 1 aromatic carbocycles. The highest BCUT2D eigenvalue weighted by molar-refractivity contribution is 7.92. The van der Waals surface area contributed by atoms with E-state index in [9.17, 15) is 13.2 Å². The highest BCUT2D eigenvalue weighted by atomic mass is 32.2. The summed E-state index contributed by atoms with van der Waals surface area (Å²) in [6.07, 6.45) is 5.30. The van der Waals surface area contributed by atoms with Gasteiger partial charge in [-0.05, 0) is 5.56 Å². The van der Waals surface area contributed by atoms with Crippen molar-refractivity contribution in [2.24, 2.45) is 0 Å². The summed E-state index contributed by atoms with van der Waals surface area (Å²) >= 11 is 0. The molecule has 138 valence electrons. The molecule has 3 heterocycles. The molecule has 1 aromatic heterocycles. The Labute approximate surface area is 152 Å². The van der Waals surface area contributed by atoms with Crippen molar-refractivity contribution in [2.45, 2.75) is 23.8 Å². The van der Waals surface area contributed by atoms with Crippen LogP contribution in [0, 0.1) is 0 Å². The maximum atomic E-state index is 12.7. The minimum atomic E-state index is -3.29.